The van der Waals surface area contributed by atoms with Gasteiger partial charge in [-0.1, -0.05) is 30.3 Å². The fourth-order valence-electron chi connectivity index (χ4n) is 3.66. The molecule has 1 saturated heterocycles. The van der Waals surface area contributed by atoms with Crippen molar-refractivity contribution in [1.82, 2.24) is 4.90 Å². The third kappa shape index (κ3) is 4.45. The molecule has 0 saturated carbocycles. The SMILES string of the molecule is CN(C)c1ccc([N+](=O)[O-])cc1C(=O)N1CCC(Cc2ccccc2)CC1. The first kappa shape index (κ1) is 18.9. The Kier molecular flexibility index (Phi) is 5.74. The van der Waals surface area contributed by atoms with E-state index in [9.17, 15) is 14.9 Å². The quantitative estimate of drug-likeness (QED) is 0.596. The summed E-state index contributed by atoms with van der Waals surface area (Å²) in [5.41, 5.74) is 2.38. The van der Waals surface area contributed by atoms with E-state index in [4.69, 9.17) is 0 Å². The monoisotopic (exact) mass is 367 g/mol. The molecule has 0 N–H and O–H groups in total. The minimum atomic E-state index is -0.456. The zero-order valence-electron chi connectivity index (χ0n) is 15.8. The lowest BCUT2D eigenvalue weighted by Gasteiger charge is -2.33. The highest BCUT2D eigenvalue weighted by molar-refractivity contribution is 6.00. The van der Waals surface area contributed by atoms with Gasteiger partial charge in [-0.05, 0) is 36.8 Å². The van der Waals surface area contributed by atoms with Crippen LogP contribution in [-0.2, 0) is 6.42 Å². The molecule has 0 unspecified atom stereocenters. The highest BCUT2D eigenvalue weighted by atomic mass is 16.6. The van der Waals surface area contributed by atoms with Crippen molar-refractivity contribution in [2.24, 2.45) is 5.92 Å². The molecule has 0 atom stereocenters. The van der Waals surface area contributed by atoms with Crippen molar-refractivity contribution >= 4 is 17.3 Å². The van der Waals surface area contributed by atoms with Gasteiger partial charge in [0.2, 0.25) is 0 Å². The van der Waals surface area contributed by atoms with Crippen LogP contribution >= 0.6 is 0 Å². The molecule has 1 fully saturated rings. The largest absolute Gasteiger partial charge is 0.377 e. The van der Waals surface area contributed by atoms with Crippen molar-refractivity contribution in [2.75, 3.05) is 32.1 Å². The van der Waals surface area contributed by atoms with Crippen LogP contribution in [0.25, 0.3) is 0 Å². The van der Waals surface area contributed by atoms with Crippen molar-refractivity contribution in [2.45, 2.75) is 19.3 Å². The molecule has 0 aromatic heterocycles. The number of benzene rings is 2. The van der Waals surface area contributed by atoms with Gasteiger partial charge in [0.15, 0.2) is 0 Å². The van der Waals surface area contributed by atoms with E-state index in [0.717, 1.165) is 19.3 Å². The zero-order chi connectivity index (χ0) is 19.4. The van der Waals surface area contributed by atoms with Crippen LogP contribution in [-0.4, -0.2) is 42.9 Å². The number of hydrogen-bond donors (Lipinski definition) is 0. The Bertz CT molecular complexity index is 813. The van der Waals surface area contributed by atoms with Crippen molar-refractivity contribution in [3.8, 4) is 0 Å². The molecule has 3 rings (SSSR count). The average molecular weight is 367 g/mol. The summed E-state index contributed by atoms with van der Waals surface area (Å²) in [6.07, 6.45) is 2.93. The number of carbonyl (C=O) groups excluding carboxylic acids is 1. The minimum absolute atomic E-state index is 0.0529. The van der Waals surface area contributed by atoms with Crippen LogP contribution in [0.4, 0.5) is 11.4 Å². The van der Waals surface area contributed by atoms with Crippen molar-refractivity contribution < 1.29 is 9.72 Å². The molecule has 1 aliphatic rings. The Morgan fingerprint density at radius 1 is 1.15 bits per heavy atom. The molecule has 0 bridgehead atoms. The number of piperidine rings is 1. The Morgan fingerprint density at radius 2 is 1.81 bits per heavy atom. The highest BCUT2D eigenvalue weighted by Crippen LogP contribution is 2.28. The number of carbonyl (C=O) groups is 1. The number of amides is 1. The van der Waals surface area contributed by atoms with Gasteiger partial charge in [0.05, 0.1) is 10.5 Å². The predicted octanol–water partition coefficient (Wildman–Crippen LogP) is 3.76. The summed E-state index contributed by atoms with van der Waals surface area (Å²) < 4.78 is 0. The van der Waals surface area contributed by atoms with Crippen LogP contribution in [0.1, 0.15) is 28.8 Å². The lowest BCUT2D eigenvalue weighted by molar-refractivity contribution is -0.384. The van der Waals surface area contributed by atoms with Crippen molar-refractivity contribution in [3.63, 3.8) is 0 Å². The van der Waals surface area contributed by atoms with Crippen molar-refractivity contribution in [3.05, 3.63) is 69.8 Å². The fourth-order valence-corrected chi connectivity index (χ4v) is 3.66. The molecule has 1 aliphatic heterocycles. The molecule has 6 heteroatoms. The van der Waals surface area contributed by atoms with Gasteiger partial charge in [0.25, 0.3) is 11.6 Å². The number of non-ortho nitro benzene ring substituents is 1. The van der Waals surface area contributed by atoms with E-state index in [1.54, 1.807) is 6.07 Å². The normalized spacial score (nSPS) is 14.8. The smallest absolute Gasteiger partial charge is 0.270 e. The number of rotatable bonds is 5. The molecule has 0 aliphatic carbocycles. The molecule has 1 amide bonds. The highest BCUT2D eigenvalue weighted by Gasteiger charge is 2.27. The van der Waals surface area contributed by atoms with E-state index in [-0.39, 0.29) is 11.6 Å². The number of nitrogens with zero attached hydrogens (tertiary/aromatic N) is 3. The molecule has 2 aromatic carbocycles. The van der Waals surface area contributed by atoms with E-state index in [1.165, 1.54) is 17.7 Å². The number of likely N-dealkylation sites (tertiary alicyclic amines) is 1. The third-order valence-corrected chi connectivity index (χ3v) is 5.17. The van der Waals surface area contributed by atoms with Crippen molar-refractivity contribution in [1.29, 1.82) is 0 Å². The van der Waals surface area contributed by atoms with Gasteiger partial charge in [-0.3, -0.25) is 14.9 Å². The molecular formula is C21H25N3O3. The first-order valence-electron chi connectivity index (χ1n) is 9.24. The number of nitro benzene ring substituents is 1. The van der Waals surface area contributed by atoms with Crippen LogP contribution in [0.3, 0.4) is 0 Å². The number of hydrogen-bond acceptors (Lipinski definition) is 4. The molecule has 0 spiro atoms. The first-order chi connectivity index (χ1) is 13.0. The molecule has 1 heterocycles. The van der Waals surface area contributed by atoms with Gasteiger partial charge in [-0.2, -0.15) is 0 Å². The topological polar surface area (TPSA) is 66.7 Å². The van der Waals surface area contributed by atoms with Crippen LogP contribution in [0.15, 0.2) is 48.5 Å². The van der Waals surface area contributed by atoms with E-state index < -0.39 is 4.92 Å². The molecule has 142 valence electrons. The van der Waals surface area contributed by atoms with Gasteiger partial charge >= 0.3 is 0 Å². The summed E-state index contributed by atoms with van der Waals surface area (Å²) in [7, 11) is 3.67. The number of anilines is 1. The lowest BCUT2D eigenvalue weighted by atomic mass is 9.90. The second-order valence-corrected chi connectivity index (χ2v) is 7.28. The predicted molar refractivity (Wildman–Crippen MR) is 106 cm³/mol. The second-order valence-electron chi connectivity index (χ2n) is 7.28. The Hall–Kier alpha value is -2.89. The second kappa shape index (κ2) is 8.20. The fraction of sp³-hybridized carbons (Fsp3) is 0.381. The lowest BCUT2D eigenvalue weighted by Crippen LogP contribution is -2.39. The molecule has 27 heavy (non-hydrogen) atoms. The van der Waals surface area contributed by atoms with Gasteiger partial charge < -0.3 is 9.80 Å². The summed E-state index contributed by atoms with van der Waals surface area (Å²) in [6.45, 7) is 1.37. The summed E-state index contributed by atoms with van der Waals surface area (Å²) in [5, 5.41) is 11.1. The molecular weight excluding hydrogens is 342 g/mol. The molecule has 0 radical (unpaired) electrons. The van der Waals surface area contributed by atoms with Gasteiger partial charge in [-0.15, -0.1) is 0 Å². The van der Waals surface area contributed by atoms with E-state index in [0.29, 0.717) is 30.3 Å². The van der Waals surface area contributed by atoms with Crippen LogP contribution in [0.5, 0.6) is 0 Å². The number of nitro groups is 1. The maximum Gasteiger partial charge on any atom is 0.270 e. The summed E-state index contributed by atoms with van der Waals surface area (Å²) in [6, 6.07) is 14.9. The zero-order valence-corrected chi connectivity index (χ0v) is 15.8. The Morgan fingerprint density at radius 3 is 2.41 bits per heavy atom. The van der Waals surface area contributed by atoms with Crippen LogP contribution in [0.2, 0.25) is 0 Å². The maximum absolute atomic E-state index is 13.0. The van der Waals surface area contributed by atoms with Crippen LogP contribution < -0.4 is 4.90 Å². The van der Waals surface area contributed by atoms with E-state index >= 15 is 0 Å². The van der Waals surface area contributed by atoms with Gasteiger partial charge in [-0.25, -0.2) is 0 Å². The van der Waals surface area contributed by atoms with Gasteiger partial charge in [0.1, 0.15) is 0 Å². The Balaban J connectivity index is 1.70. The average Bonchev–Trinajstić information content (AvgIpc) is 2.68. The maximum atomic E-state index is 13.0. The van der Waals surface area contributed by atoms with Crippen LogP contribution in [0, 0.1) is 16.0 Å². The summed E-state index contributed by atoms with van der Waals surface area (Å²) in [4.78, 5) is 27.3. The summed E-state index contributed by atoms with van der Waals surface area (Å²) in [5.74, 6) is 0.440. The standard InChI is InChI=1S/C21H25N3O3/c1-22(2)20-9-8-18(24(26)27)15-19(20)21(25)23-12-10-17(11-13-23)14-16-6-4-3-5-7-16/h3-9,15,17H,10-14H2,1-2H3. The summed E-state index contributed by atoms with van der Waals surface area (Å²) >= 11 is 0. The van der Waals surface area contributed by atoms with Gasteiger partial charge in [0, 0.05) is 45.0 Å². The third-order valence-electron chi connectivity index (χ3n) is 5.17. The molecule has 6 nitrogen and oxygen atoms in total. The van der Waals surface area contributed by atoms with E-state index in [1.807, 2.05) is 30.0 Å². The first-order valence-corrected chi connectivity index (χ1v) is 9.24. The Labute approximate surface area is 159 Å². The molecule has 2 aromatic rings. The van der Waals surface area contributed by atoms with E-state index in [2.05, 4.69) is 24.3 Å². The minimum Gasteiger partial charge on any atom is -0.377 e.